The molecule has 0 aromatic heterocycles. The molecular formula is C40H35ClN2O2. The van der Waals surface area contributed by atoms with E-state index in [0.717, 1.165) is 44.5 Å². The molecule has 5 heteroatoms. The van der Waals surface area contributed by atoms with E-state index in [1.165, 1.54) is 16.8 Å². The average Bonchev–Trinajstić information content (AvgIpc) is 3.30. The molecule has 224 valence electrons. The summed E-state index contributed by atoms with van der Waals surface area (Å²) >= 11 is 6.39. The van der Waals surface area contributed by atoms with Gasteiger partial charge < -0.3 is 19.3 Å². The zero-order valence-electron chi connectivity index (χ0n) is 26.4. The van der Waals surface area contributed by atoms with Crippen molar-refractivity contribution in [2.45, 2.75) is 50.0 Å². The monoisotopic (exact) mass is 610 g/mol. The molecule has 0 bridgehead atoms. The molecule has 0 N–H and O–H groups in total. The molecule has 4 aromatic rings. The van der Waals surface area contributed by atoms with Gasteiger partial charge in [0.05, 0.1) is 10.8 Å². The standard InChI is InChI=1S/C40H35ClN2O2/c1-37(2)31-9-7-8-10-33(31)42(5)39(37)21-19-28-23-26(13-17-35(28)44-39)11-12-27-14-18-36-29(24-27)20-22-40(45-36)38(3,4)32-25-30(41)15-16-34(32)43(40)6/h7-10,13-25H,1-6H3. The minimum Gasteiger partial charge on any atom is -0.463 e. The maximum atomic E-state index is 6.82. The second kappa shape index (κ2) is 9.22. The van der Waals surface area contributed by atoms with Gasteiger partial charge in [-0.05, 0) is 124 Å². The molecule has 0 amide bonds. The number of halogens is 1. The van der Waals surface area contributed by atoms with Crippen molar-refractivity contribution in [3.8, 4) is 23.3 Å². The number of anilines is 2. The lowest BCUT2D eigenvalue weighted by Gasteiger charge is -2.45. The normalized spacial score (nSPS) is 23.9. The van der Waals surface area contributed by atoms with Crippen molar-refractivity contribution in [2.24, 2.45) is 0 Å². The summed E-state index contributed by atoms with van der Waals surface area (Å²) in [6.45, 7) is 8.94. The van der Waals surface area contributed by atoms with E-state index in [0.29, 0.717) is 0 Å². The molecule has 4 nitrogen and oxygen atoms in total. The Morgan fingerprint density at radius 3 is 1.67 bits per heavy atom. The maximum absolute atomic E-state index is 6.82. The summed E-state index contributed by atoms with van der Waals surface area (Å²) in [6, 6.07) is 27.0. The topological polar surface area (TPSA) is 24.9 Å². The van der Waals surface area contributed by atoms with E-state index in [-0.39, 0.29) is 10.8 Å². The molecule has 0 radical (unpaired) electrons. The molecule has 4 aliphatic rings. The van der Waals surface area contributed by atoms with Gasteiger partial charge in [0.1, 0.15) is 11.5 Å². The smallest absolute Gasteiger partial charge is 0.211 e. The van der Waals surface area contributed by atoms with Crippen LogP contribution in [0.15, 0.2) is 91.0 Å². The molecular weight excluding hydrogens is 576 g/mol. The fourth-order valence-corrected chi connectivity index (χ4v) is 8.03. The number of ether oxygens (including phenoxy) is 2. The van der Waals surface area contributed by atoms with Crippen molar-refractivity contribution in [1.29, 1.82) is 0 Å². The maximum Gasteiger partial charge on any atom is 0.211 e. The van der Waals surface area contributed by atoms with Crippen LogP contribution in [0.3, 0.4) is 0 Å². The van der Waals surface area contributed by atoms with E-state index < -0.39 is 11.4 Å². The van der Waals surface area contributed by atoms with Crippen molar-refractivity contribution in [3.05, 3.63) is 129 Å². The molecule has 45 heavy (non-hydrogen) atoms. The lowest BCUT2D eigenvalue weighted by molar-refractivity contribution is 0.0581. The zero-order valence-corrected chi connectivity index (χ0v) is 27.2. The van der Waals surface area contributed by atoms with Crippen molar-refractivity contribution in [3.63, 3.8) is 0 Å². The second-order valence-electron chi connectivity index (χ2n) is 13.6. The number of nitrogens with zero attached hydrogens (tertiary/aromatic N) is 2. The highest BCUT2D eigenvalue weighted by Crippen LogP contribution is 2.56. The number of benzene rings is 4. The molecule has 0 aliphatic carbocycles. The first kappa shape index (κ1) is 27.9. The Bertz CT molecular complexity index is 2050. The van der Waals surface area contributed by atoms with E-state index in [2.05, 4.69) is 136 Å². The van der Waals surface area contributed by atoms with Crippen LogP contribution in [0.25, 0.3) is 12.2 Å². The molecule has 4 heterocycles. The molecule has 4 aromatic carbocycles. The molecule has 4 aliphatic heterocycles. The van der Waals surface area contributed by atoms with E-state index in [9.17, 15) is 0 Å². The van der Waals surface area contributed by atoms with Crippen molar-refractivity contribution in [2.75, 3.05) is 23.9 Å². The Morgan fingerprint density at radius 2 is 1.11 bits per heavy atom. The Morgan fingerprint density at radius 1 is 0.600 bits per heavy atom. The van der Waals surface area contributed by atoms with Crippen LogP contribution in [-0.2, 0) is 10.8 Å². The van der Waals surface area contributed by atoms with Crippen LogP contribution in [-0.4, -0.2) is 25.5 Å². The van der Waals surface area contributed by atoms with Crippen molar-refractivity contribution >= 4 is 35.1 Å². The second-order valence-corrected chi connectivity index (χ2v) is 14.0. The van der Waals surface area contributed by atoms with Crippen molar-refractivity contribution < 1.29 is 9.47 Å². The fourth-order valence-electron chi connectivity index (χ4n) is 7.86. The lowest BCUT2D eigenvalue weighted by Crippen LogP contribution is -2.58. The highest BCUT2D eigenvalue weighted by Gasteiger charge is 2.58. The van der Waals surface area contributed by atoms with Gasteiger partial charge in [0.15, 0.2) is 0 Å². The van der Waals surface area contributed by atoms with Gasteiger partial charge in [0.25, 0.3) is 0 Å². The molecule has 0 saturated heterocycles. The van der Waals surface area contributed by atoms with Crippen LogP contribution in [0.5, 0.6) is 11.5 Å². The van der Waals surface area contributed by atoms with Gasteiger partial charge in [-0.15, -0.1) is 0 Å². The highest BCUT2D eigenvalue weighted by molar-refractivity contribution is 6.30. The van der Waals surface area contributed by atoms with Gasteiger partial charge in [-0.3, -0.25) is 0 Å². The lowest BCUT2D eigenvalue weighted by atomic mass is 9.76. The van der Waals surface area contributed by atoms with Crippen LogP contribution in [0.2, 0.25) is 5.02 Å². The Labute approximate surface area is 270 Å². The first-order valence-corrected chi connectivity index (χ1v) is 15.8. The summed E-state index contributed by atoms with van der Waals surface area (Å²) < 4.78 is 13.6. The third kappa shape index (κ3) is 3.68. The number of likely N-dealkylation sites (N-methyl/N-ethyl adjacent to an activating group) is 2. The van der Waals surface area contributed by atoms with Crippen molar-refractivity contribution in [1.82, 2.24) is 0 Å². The number of fused-ring (bicyclic) bond motifs is 4. The fraction of sp³-hybridized carbons (Fsp3) is 0.250. The molecule has 2 spiro atoms. The quantitative estimate of drug-likeness (QED) is 0.186. The molecule has 2 unspecified atom stereocenters. The van der Waals surface area contributed by atoms with Gasteiger partial charge in [-0.2, -0.15) is 0 Å². The van der Waals surface area contributed by atoms with Gasteiger partial charge >= 0.3 is 0 Å². The summed E-state index contributed by atoms with van der Waals surface area (Å²) in [7, 11) is 4.20. The molecule has 8 rings (SSSR count). The molecule has 0 fully saturated rings. The van der Waals surface area contributed by atoms with E-state index in [1.54, 1.807) is 0 Å². The highest BCUT2D eigenvalue weighted by atomic mass is 35.5. The number of para-hydroxylation sites is 1. The summed E-state index contributed by atoms with van der Waals surface area (Å²) in [5, 5.41) is 0.735. The Kier molecular flexibility index (Phi) is 5.72. The third-order valence-corrected chi connectivity index (χ3v) is 10.8. The zero-order chi connectivity index (χ0) is 31.4. The number of rotatable bonds is 0. The summed E-state index contributed by atoms with van der Waals surface area (Å²) in [4.78, 5) is 4.47. The SMILES string of the molecule is CN1c2ccccc2C(C)(C)C12C=Cc1cc(C#Cc3ccc4c(c3)C=CC3(O4)N(C)c4ccc(Cl)cc4C3(C)C)ccc1O2. The van der Waals surface area contributed by atoms with Gasteiger partial charge in [-0.1, -0.05) is 41.6 Å². The van der Waals surface area contributed by atoms with Crippen LogP contribution in [0.1, 0.15) is 61.1 Å². The van der Waals surface area contributed by atoms with E-state index in [1.807, 2.05) is 30.3 Å². The van der Waals surface area contributed by atoms with E-state index >= 15 is 0 Å². The molecule has 2 atom stereocenters. The summed E-state index contributed by atoms with van der Waals surface area (Å²) in [5.74, 6) is 8.44. The Hall–Kier alpha value is -4.59. The largest absolute Gasteiger partial charge is 0.463 e. The van der Waals surface area contributed by atoms with Crippen LogP contribution in [0, 0.1) is 11.8 Å². The average molecular weight is 611 g/mol. The first-order valence-electron chi connectivity index (χ1n) is 15.4. The predicted octanol–water partition coefficient (Wildman–Crippen LogP) is 8.80. The summed E-state index contributed by atoms with van der Waals surface area (Å²) in [5.41, 5.74) is 6.94. The Balaban J connectivity index is 1.05. The van der Waals surface area contributed by atoms with E-state index in [4.69, 9.17) is 21.1 Å². The van der Waals surface area contributed by atoms with Crippen LogP contribution >= 0.6 is 11.6 Å². The van der Waals surface area contributed by atoms with Gasteiger partial charge in [-0.25, -0.2) is 0 Å². The number of hydrogen-bond acceptors (Lipinski definition) is 4. The van der Waals surface area contributed by atoms with Crippen LogP contribution < -0.4 is 19.3 Å². The van der Waals surface area contributed by atoms with Crippen LogP contribution in [0.4, 0.5) is 11.4 Å². The molecule has 0 saturated carbocycles. The van der Waals surface area contributed by atoms with Gasteiger partial charge in [0, 0.05) is 52.7 Å². The van der Waals surface area contributed by atoms with Gasteiger partial charge in [0.2, 0.25) is 11.4 Å². The number of hydrogen-bond donors (Lipinski definition) is 0. The predicted molar refractivity (Wildman–Crippen MR) is 184 cm³/mol. The summed E-state index contributed by atoms with van der Waals surface area (Å²) in [6.07, 6.45) is 8.71. The third-order valence-electron chi connectivity index (χ3n) is 10.6. The minimum atomic E-state index is -0.650. The first-order chi connectivity index (χ1) is 21.5. The minimum absolute atomic E-state index is 0.226.